The van der Waals surface area contributed by atoms with E-state index in [0.717, 1.165) is 6.08 Å². The minimum Gasteiger partial charge on any atom is -0.508 e. The molecule has 0 radical (unpaired) electrons. The van der Waals surface area contributed by atoms with Crippen LogP contribution in [0.4, 0.5) is 0 Å². The predicted molar refractivity (Wildman–Crippen MR) is 58.6 cm³/mol. The molecule has 1 aliphatic carbocycles. The summed E-state index contributed by atoms with van der Waals surface area (Å²) in [7, 11) is 0. The molecule has 0 heterocycles. The van der Waals surface area contributed by atoms with E-state index in [0.29, 0.717) is 11.1 Å². The quantitative estimate of drug-likeness (QED) is 0.538. The summed E-state index contributed by atoms with van der Waals surface area (Å²) in [5.74, 6) is -1.81. The summed E-state index contributed by atoms with van der Waals surface area (Å²) >= 11 is 0. The monoisotopic (exact) mass is 220 g/mol. The van der Waals surface area contributed by atoms with E-state index in [2.05, 4.69) is 0 Å². The summed E-state index contributed by atoms with van der Waals surface area (Å²) < 4.78 is 0. The van der Waals surface area contributed by atoms with Crippen molar-refractivity contribution in [3.05, 3.63) is 47.7 Å². The fourth-order valence-corrected chi connectivity index (χ4v) is 1.64. The van der Waals surface area contributed by atoms with Crippen LogP contribution < -0.4 is 0 Å². The van der Waals surface area contributed by atoms with Crippen molar-refractivity contribution in [2.24, 2.45) is 0 Å². The van der Waals surface area contributed by atoms with Gasteiger partial charge in [0, 0.05) is 12.0 Å². The Hall–Kier alpha value is -1.78. The Labute approximate surface area is 92.4 Å². The van der Waals surface area contributed by atoms with E-state index in [1.807, 2.05) is 0 Å². The van der Waals surface area contributed by atoms with Gasteiger partial charge in [0.2, 0.25) is 0 Å². The van der Waals surface area contributed by atoms with Gasteiger partial charge in [-0.15, -0.1) is 0 Å². The second-order valence-corrected chi connectivity index (χ2v) is 3.80. The molecule has 0 amide bonds. The molecule has 0 aromatic heterocycles. The van der Waals surface area contributed by atoms with Gasteiger partial charge in [0.05, 0.1) is 0 Å². The maximum atomic E-state index is 9.63. The van der Waals surface area contributed by atoms with Crippen LogP contribution in [0.15, 0.2) is 42.2 Å². The fourth-order valence-electron chi connectivity index (χ4n) is 1.64. The third-order valence-electron chi connectivity index (χ3n) is 2.47. The van der Waals surface area contributed by atoms with Crippen molar-refractivity contribution in [1.29, 1.82) is 0 Å². The van der Waals surface area contributed by atoms with Crippen LogP contribution in [-0.2, 0) is 0 Å². The zero-order valence-electron chi connectivity index (χ0n) is 8.46. The molecule has 0 bridgehead atoms. The first-order valence-electron chi connectivity index (χ1n) is 4.83. The maximum Gasteiger partial charge on any atom is 0.187 e. The van der Waals surface area contributed by atoms with Crippen LogP contribution in [0.3, 0.4) is 0 Å². The lowest BCUT2D eigenvalue weighted by Crippen LogP contribution is -2.27. The Morgan fingerprint density at radius 1 is 1.00 bits per heavy atom. The van der Waals surface area contributed by atoms with Gasteiger partial charge in [0.15, 0.2) is 5.79 Å². The lowest BCUT2D eigenvalue weighted by molar-refractivity contribution is -0.113. The SMILES string of the molecule is OC1=C(c2ccc(O)cc2)CC(O)(O)C=C1. The van der Waals surface area contributed by atoms with Gasteiger partial charge >= 0.3 is 0 Å². The molecule has 4 N–H and O–H groups in total. The molecule has 1 aliphatic rings. The van der Waals surface area contributed by atoms with Crippen LogP contribution in [0, 0.1) is 0 Å². The van der Waals surface area contributed by atoms with Crippen molar-refractivity contribution in [2.45, 2.75) is 12.2 Å². The Morgan fingerprint density at radius 3 is 2.25 bits per heavy atom. The molecule has 0 fully saturated rings. The first kappa shape index (κ1) is 10.7. The van der Waals surface area contributed by atoms with Crippen molar-refractivity contribution in [2.75, 3.05) is 0 Å². The topological polar surface area (TPSA) is 80.9 Å². The zero-order chi connectivity index (χ0) is 11.8. The standard InChI is InChI=1S/C12H12O4/c13-9-3-1-8(2-4-9)10-7-12(15,16)6-5-11(10)14/h1-6,13-16H,7H2. The number of phenols is 1. The summed E-state index contributed by atoms with van der Waals surface area (Å²) in [6.45, 7) is 0. The zero-order valence-corrected chi connectivity index (χ0v) is 8.46. The van der Waals surface area contributed by atoms with Crippen molar-refractivity contribution in [3.8, 4) is 5.75 Å². The molecule has 0 aliphatic heterocycles. The average Bonchev–Trinajstić information content (AvgIpc) is 2.23. The molecule has 0 unspecified atom stereocenters. The van der Waals surface area contributed by atoms with Crippen LogP contribution in [0.2, 0.25) is 0 Å². The van der Waals surface area contributed by atoms with Gasteiger partial charge in [-0.1, -0.05) is 12.1 Å². The molecular formula is C12H12O4. The number of aromatic hydroxyl groups is 1. The minimum absolute atomic E-state index is 0.00409. The van der Waals surface area contributed by atoms with Crippen LogP contribution >= 0.6 is 0 Å². The highest BCUT2D eigenvalue weighted by atomic mass is 16.5. The van der Waals surface area contributed by atoms with E-state index < -0.39 is 5.79 Å². The Morgan fingerprint density at radius 2 is 1.62 bits per heavy atom. The number of allylic oxidation sites excluding steroid dienone is 1. The fraction of sp³-hybridized carbons (Fsp3) is 0.167. The van der Waals surface area contributed by atoms with E-state index in [-0.39, 0.29) is 17.9 Å². The van der Waals surface area contributed by atoms with Gasteiger partial charge in [-0.05, 0) is 29.8 Å². The van der Waals surface area contributed by atoms with Gasteiger partial charge in [-0.3, -0.25) is 0 Å². The summed E-state index contributed by atoms with van der Waals surface area (Å²) in [5, 5.41) is 37.7. The van der Waals surface area contributed by atoms with E-state index in [1.54, 1.807) is 12.1 Å². The summed E-state index contributed by atoms with van der Waals surface area (Å²) in [4.78, 5) is 0. The van der Waals surface area contributed by atoms with Crippen molar-refractivity contribution >= 4 is 5.57 Å². The first-order valence-corrected chi connectivity index (χ1v) is 4.83. The molecular weight excluding hydrogens is 208 g/mol. The first-order chi connectivity index (χ1) is 7.48. The highest BCUT2D eigenvalue weighted by Gasteiger charge is 2.27. The number of rotatable bonds is 1. The van der Waals surface area contributed by atoms with Gasteiger partial charge < -0.3 is 20.4 Å². The molecule has 16 heavy (non-hydrogen) atoms. The molecule has 4 nitrogen and oxygen atoms in total. The number of aliphatic hydroxyl groups is 3. The molecule has 1 aromatic rings. The summed E-state index contributed by atoms with van der Waals surface area (Å²) in [5.41, 5.74) is 1.08. The van der Waals surface area contributed by atoms with E-state index in [9.17, 15) is 15.3 Å². The molecule has 0 spiro atoms. The summed E-state index contributed by atoms with van der Waals surface area (Å²) in [6, 6.07) is 6.17. The maximum absolute atomic E-state index is 9.63. The molecule has 4 heteroatoms. The van der Waals surface area contributed by atoms with Crippen molar-refractivity contribution in [3.63, 3.8) is 0 Å². The van der Waals surface area contributed by atoms with Crippen molar-refractivity contribution < 1.29 is 20.4 Å². The average molecular weight is 220 g/mol. The van der Waals surface area contributed by atoms with Crippen LogP contribution in [0.5, 0.6) is 5.75 Å². The number of hydrogen-bond donors (Lipinski definition) is 4. The Kier molecular flexibility index (Phi) is 2.46. The van der Waals surface area contributed by atoms with Crippen LogP contribution in [0.25, 0.3) is 5.57 Å². The molecule has 0 saturated heterocycles. The molecule has 0 atom stereocenters. The highest BCUT2D eigenvalue weighted by Crippen LogP contribution is 2.32. The Balaban J connectivity index is 2.40. The smallest absolute Gasteiger partial charge is 0.187 e. The number of hydrogen-bond acceptors (Lipinski definition) is 4. The largest absolute Gasteiger partial charge is 0.508 e. The van der Waals surface area contributed by atoms with Gasteiger partial charge in [-0.25, -0.2) is 0 Å². The Bertz CT molecular complexity index is 454. The van der Waals surface area contributed by atoms with Crippen molar-refractivity contribution in [1.82, 2.24) is 0 Å². The predicted octanol–water partition coefficient (Wildman–Crippen LogP) is 1.30. The molecule has 2 rings (SSSR count). The van der Waals surface area contributed by atoms with Crippen LogP contribution in [-0.4, -0.2) is 26.2 Å². The van der Waals surface area contributed by atoms with E-state index >= 15 is 0 Å². The minimum atomic E-state index is -1.93. The number of benzene rings is 1. The van der Waals surface area contributed by atoms with Gasteiger partial charge in [-0.2, -0.15) is 0 Å². The third kappa shape index (κ3) is 2.08. The lowest BCUT2D eigenvalue weighted by atomic mass is 9.92. The third-order valence-corrected chi connectivity index (χ3v) is 2.47. The second kappa shape index (κ2) is 3.66. The van der Waals surface area contributed by atoms with Crippen LogP contribution in [0.1, 0.15) is 12.0 Å². The van der Waals surface area contributed by atoms with E-state index in [4.69, 9.17) is 5.11 Å². The molecule has 0 saturated carbocycles. The highest BCUT2D eigenvalue weighted by molar-refractivity contribution is 5.71. The number of phenolic OH excluding ortho intramolecular Hbond substituents is 1. The molecule has 84 valence electrons. The van der Waals surface area contributed by atoms with E-state index in [1.165, 1.54) is 18.2 Å². The second-order valence-electron chi connectivity index (χ2n) is 3.80. The number of aliphatic hydroxyl groups excluding tert-OH is 1. The molecule has 1 aromatic carbocycles. The summed E-state index contributed by atoms with van der Waals surface area (Å²) in [6.07, 6.45) is 2.30. The lowest BCUT2D eigenvalue weighted by Gasteiger charge is -2.23. The normalized spacial score (nSPS) is 18.9. The van der Waals surface area contributed by atoms with Gasteiger partial charge in [0.25, 0.3) is 0 Å². The van der Waals surface area contributed by atoms with Gasteiger partial charge in [0.1, 0.15) is 11.5 Å².